The summed E-state index contributed by atoms with van der Waals surface area (Å²) in [6.45, 7) is 1.22. The zero-order chi connectivity index (χ0) is 11.5. The number of thioether (sulfide) groups is 1. The molecule has 0 aromatic heterocycles. The van der Waals surface area contributed by atoms with Gasteiger partial charge < -0.3 is 5.32 Å². The molecule has 1 heterocycles. The molecule has 0 radical (unpaired) electrons. The van der Waals surface area contributed by atoms with Crippen molar-refractivity contribution in [1.29, 1.82) is 0 Å². The number of nitrogens with one attached hydrogen (secondary N) is 1. The van der Waals surface area contributed by atoms with E-state index in [-0.39, 0.29) is 0 Å². The summed E-state index contributed by atoms with van der Waals surface area (Å²) in [7, 11) is 0. The molecule has 0 saturated carbocycles. The lowest BCUT2D eigenvalue weighted by atomic mass is 10.0. The first kappa shape index (κ1) is 11.6. The smallest absolute Gasteiger partial charge is 0.0326 e. The van der Waals surface area contributed by atoms with Gasteiger partial charge in [0.05, 0.1) is 0 Å². The molecule has 1 unspecified atom stereocenters. The van der Waals surface area contributed by atoms with Crippen molar-refractivity contribution < 1.29 is 0 Å². The molecule has 17 heavy (non-hydrogen) atoms. The summed E-state index contributed by atoms with van der Waals surface area (Å²) >= 11 is 2.12. The lowest BCUT2D eigenvalue weighted by molar-refractivity contribution is 0.409. The van der Waals surface area contributed by atoms with Crippen LogP contribution in [0.25, 0.3) is 0 Å². The minimum Gasteiger partial charge on any atom is -0.310 e. The molecule has 0 spiro atoms. The first-order valence-corrected chi connectivity index (χ1v) is 7.98. The van der Waals surface area contributed by atoms with E-state index in [0.717, 1.165) is 5.92 Å². The average molecular weight is 247 g/mol. The van der Waals surface area contributed by atoms with E-state index in [1.54, 1.807) is 11.1 Å². The van der Waals surface area contributed by atoms with Crippen LogP contribution in [0.4, 0.5) is 0 Å². The van der Waals surface area contributed by atoms with Crippen LogP contribution < -0.4 is 5.32 Å². The van der Waals surface area contributed by atoms with E-state index >= 15 is 0 Å². The Morgan fingerprint density at radius 3 is 2.82 bits per heavy atom. The van der Waals surface area contributed by atoms with Gasteiger partial charge in [-0.25, -0.2) is 0 Å². The van der Waals surface area contributed by atoms with Crippen LogP contribution in [0.1, 0.15) is 36.4 Å². The Kier molecular flexibility index (Phi) is 3.72. The third-order valence-corrected chi connectivity index (χ3v) is 5.18. The largest absolute Gasteiger partial charge is 0.310 e. The Hall–Kier alpha value is -0.470. The number of benzene rings is 1. The summed E-state index contributed by atoms with van der Waals surface area (Å²) < 4.78 is 0. The molecule has 1 fully saturated rings. The maximum Gasteiger partial charge on any atom is 0.0326 e. The van der Waals surface area contributed by atoms with Gasteiger partial charge in [-0.05, 0) is 60.8 Å². The number of hydrogen-bond donors (Lipinski definition) is 1. The summed E-state index contributed by atoms with van der Waals surface area (Å²) in [6.07, 6.45) is 5.37. The van der Waals surface area contributed by atoms with Gasteiger partial charge >= 0.3 is 0 Å². The topological polar surface area (TPSA) is 12.0 Å². The van der Waals surface area contributed by atoms with Crippen molar-refractivity contribution in [3.63, 3.8) is 0 Å². The van der Waals surface area contributed by atoms with E-state index in [1.807, 2.05) is 0 Å². The third kappa shape index (κ3) is 2.69. The minimum absolute atomic E-state index is 0.626. The van der Waals surface area contributed by atoms with Crippen LogP contribution in [0.15, 0.2) is 24.3 Å². The summed E-state index contributed by atoms with van der Waals surface area (Å²) in [6, 6.07) is 9.56. The fourth-order valence-corrected chi connectivity index (χ4v) is 4.23. The van der Waals surface area contributed by atoms with Crippen LogP contribution in [0.3, 0.4) is 0 Å². The number of hydrogen-bond acceptors (Lipinski definition) is 2. The predicted octanol–water partition coefficient (Wildman–Crippen LogP) is 3.41. The van der Waals surface area contributed by atoms with E-state index in [9.17, 15) is 0 Å². The lowest BCUT2D eigenvalue weighted by Crippen LogP contribution is -2.28. The van der Waals surface area contributed by atoms with Gasteiger partial charge in [0.15, 0.2) is 0 Å². The molecule has 0 bridgehead atoms. The second-order valence-corrected chi connectivity index (χ2v) is 6.48. The normalized spacial score (nSPS) is 24.8. The number of rotatable bonds is 3. The standard InChI is InChI=1S/C15H21NS/c1-2-4-14-13(3-1)5-6-15(14)16-11-12-7-9-17-10-8-12/h1-4,12,15-16H,5-11H2. The van der Waals surface area contributed by atoms with Gasteiger partial charge in [-0.3, -0.25) is 0 Å². The third-order valence-electron chi connectivity index (χ3n) is 4.13. The zero-order valence-electron chi connectivity index (χ0n) is 10.3. The second kappa shape index (κ2) is 5.45. The molecule has 0 amide bonds. The highest BCUT2D eigenvalue weighted by molar-refractivity contribution is 7.99. The van der Waals surface area contributed by atoms with E-state index in [1.165, 1.54) is 43.7 Å². The van der Waals surface area contributed by atoms with E-state index in [0.29, 0.717) is 6.04 Å². The molecule has 1 saturated heterocycles. The van der Waals surface area contributed by atoms with Crippen molar-refractivity contribution in [3.8, 4) is 0 Å². The van der Waals surface area contributed by atoms with Crippen molar-refractivity contribution in [1.82, 2.24) is 5.32 Å². The molecule has 1 aliphatic carbocycles. The van der Waals surface area contributed by atoms with Gasteiger partial charge in [0.2, 0.25) is 0 Å². The second-order valence-electron chi connectivity index (χ2n) is 5.25. The maximum absolute atomic E-state index is 3.80. The van der Waals surface area contributed by atoms with Crippen LogP contribution in [0, 0.1) is 5.92 Å². The van der Waals surface area contributed by atoms with Crippen LogP contribution >= 0.6 is 11.8 Å². The van der Waals surface area contributed by atoms with Gasteiger partial charge in [-0.15, -0.1) is 0 Å². The Bertz CT molecular complexity index is 371. The average Bonchev–Trinajstić information content (AvgIpc) is 2.81. The Labute approximate surface area is 108 Å². The maximum atomic E-state index is 3.80. The quantitative estimate of drug-likeness (QED) is 0.878. The molecule has 1 aliphatic heterocycles. The molecule has 2 heteroatoms. The summed E-state index contributed by atoms with van der Waals surface area (Å²) in [5.41, 5.74) is 3.11. The molecule has 1 aromatic carbocycles. The predicted molar refractivity (Wildman–Crippen MR) is 75.6 cm³/mol. The highest BCUT2D eigenvalue weighted by atomic mass is 32.2. The van der Waals surface area contributed by atoms with E-state index < -0.39 is 0 Å². The number of fused-ring (bicyclic) bond motifs is 1. The number of aryl methyl sites for hydroxylation is 1. The van der Waals surface area contributed by atoms with Gasteiger partial charge in [0.25, 0.3) is 0 Å². The van der Waals surface area contributed by atoms with E-state index in [4.69, 9.17) is 0 Å². The molecule has 2 aliphatic rings. The van der Waals surface area contributed by atoms with Crippen LogP contribution in [0.2, 0.25) is 0 Å². The van der Waals surface area contributed by atoms with Crippen molar-refractivity contribution in [3.05, 3.63) is 35.4 Å². The van der Waals surface area contributed by atoms with E-state index in [2.05, 4.69) is 41.3 Å². The summed E-state index contributed by atoms with van der Waals surface area (Å²) in [4.78, 5) is 0. The van der Waals surface area contributed by atoms with Crippen LogP contribution in [-0.4, -0.2) is 18.1 Å². The zero-order valence-corrected chi connectivity index (χ0v) is 11.1. The molecule has 1 nitrogen and oxygen atoms in total. The minimum atomic E-state index is 0.626. The van der Waals surface area contributed by atoms with Crippen molar-refractivity contribution in [2.24, 2.45) is 5.92 Å². The van der Waals surface area contributed by atoms with Gasteiger partial charge in [-0.1, -0.05) is 24.3 Å². The van der Waals surface area contributed by atoms with Gasteiger partial charge in [0, 0.05) is 6.04 Å². The summed E-state index contributed by atoms with van der Waals surface area (Å²) in [5.74, 6) is 3.66. The molecule has 1 aromatic rings. The van der Waals surface area contributed by atoms with Crippen molar-refractivity contribution in [2.75, 3.05) is 18.1 Å². The molecular formula is C15H21NS. The van der Waals surface area contributed by atoms with Gasteiger partial charge in [0.1, 0.15) is 0 Å². The van der Waals surface area contributed by atoms with Crippen molar-refractivity contribution in [2.45, 2.75) is 31.7 Å². The Balaban J connectivity index is 1.56. The molecular weight excluding hydrogens is 226 g/mol. The highest BCUT2D eigenvalue weighted by Crippen LogP contribution is 2.31. The molecule has 3 rings (SSSR count). The first-order chi connectivity index (χ1) is 8.43. The fourth-order valence-electron chi connectivity index (χ4n) is 3.03. The Morgan fingerprint density at radius 1 is 1.12 bits per heavy atom. The molecule has 92 valence electrons. The first-order valence-electron chi connectivity index (χ1n) is 6.82. The fraction of sp³-hybridized carbons (Fsp3) is 0.600. The SMILES string of the molecule is c1ccc2c(c1)CCC2NCC1CCSCC1. The monoisotopic (exact) mass is 247 g/mol. The Morgan fingerprint density at radius 2 is 1.94 bits per heavy atom. The molecule has 1 N–H and O–H groups in total. The van der Waals surface area contributed by atoms with Gasteiger partial charge in [-0.2, -0.15) is 11.8 Å². The summed E-state index contributed by atoms with van der Waals surface area (Å²) in [5, 5.41) is 3.80. The molecule has 1 atom stereocenters. The van der Waals surface area contributed by atoms with Crippen LogP contribution in [0.5, 0.6) is 0 Å². The highest BCUT2D eigenvalue weighted by Gasteiger charge is 2.22. The van der Waals surface area contributed by atoms with Crippen molar-refractivity contribution >= 4 is 11.8 Å². The van der Waals surface area contributed by atoms with Crippen LogP contribution in [-0.2, 0) is 6.42 Å². The lowest BCUT2D eigenvalue weighted by Gasteiger charge is -2.24.